The van der Waals surface area contributed by atoms with Gasteiger partial charge in [0, 0.05) is 9.26 Å². The first-order chi connectivity index (χ1) is 9.51. The van der Waals surface area contributed by atoms with Gasteiger partial charge in [-0.2, -0.15) is 0 Å². The Bertz CT molecular complexity index is 664. The van der Waals surface area contributed by atoms with E-state index in [-0.39, 0.29) is 11.7 Å². The van der Waals surface area contributed by atoms with Gasteiger partial charge in [-0.15, -0.1) is 0 Å². The molecule has 1 amide bonds. The summed E-state index contributed by atoms with van der Waals surface area (Å²) in [6.45, 7) is 0. The Hall–Kier alpha value is -1.34. The highest BCUT2D eigenvalue weighted by atomic mass is 127. The molecule has 0 saturated carbocycles. The van der Waals surface area contributed by atoms with Crippen LogP contribution in [0.2, 0.25) is 5.02 Å². The van der Waals surface area contributed by atoms with Crippen LogP contribution in [-0.4, -0.2) is 13.0 Å². The van der Waals surface area contributed by atoms with Gasteiger partial charge in [0.25, 0.3) is 5.91 Å². The predicted octanol–water partition coefficient (Wildman–Crippen LogP) is 4.34. The van der Waals surface area contributed by atoms with Crippen LogP contribution in [0.25, 0.3) is 0 Å². The molecule has 2 aromatic carbocycles. The van der Waals surface area contributed by atoms with Crippen LogP contribution in [0.15, 0.2) is 36.4 Å². The molecule has 104 valence electrons. The zero-order chi connectivity index (χ0) is 14.7. The molecule has 0 unspecified atom stereocenters. The monoisotopic (exact) mass is 405 g/mol. The molecule has 0 radical (unpaired) electrons. The Balaban J connectivity index is 2.21. The molecule has 2 aromatic rings. The number of methoxy groups -OCH3 is 1. The molecule has 0 atom stereocenters. The number of hydrogen-bond acceptors (Lipinski definition) is 2. The molecule has 0 aliphatic carbocycles. The molecular formula is C14H10ClFINO2. The quantitative estimate of drug-likeness (QED) is 0.771. The third-order valence-corrected chi connectivity index (χ3v) is 3.77. The lowest BCUT2D eigenvalue weighted by molar-refractivity contribution is 0.102. The first-order valence-corrected chi connectivity index (χ1v) is 7.07. The average Bonchev–Trinajstić information content (AvgIpc) is 2.38. The first-order valence-electron chi connectivity index (χ1n) is 5.61. The second-order valence-electron chi connectivity index (χ2n) is 3.93. The summed E-state index contributed by atoms with van der Waals surface area (Å²) >= 11 is 7.90. The van der Waals surface area contributed by atoms with Gasteiger partial charge in [0.05, 0.1) is 17.7 Å². The Morgan fingerprint density at radius 2 is 2.05 bits per heavy atom. The van der Waals surface area contributed by atoms with Gasteiger partial charge < -0.3 is 10.1 Å². The minimum absolute atomic E-state index is 0.323. The predicted molar refractivity (Wildman–Crippen MR) is 85.1 cm³/mol. The van der Waals surface area contributed by atoms with Gasteiger partial charge in [-0.05, 0) is 59.0 Å². The second kappa shape index (κ2) is 6.41. The van der Waals surface area contributed by atoms with Crippen LogP contribution in [0.3, 0.4) is 0 Å². The van der Waals surface area contributed by atoms with E-state index in [2.05, 4.69) is 5.32 Å². The van der Waals surface area contributed by atoms with E-state index in [9.17, 15) is 9.18 Å². The highest BCUT2D eigenvalue weighted by Crippen LogP contribution is 2.27. The number of rotatable bonds is 3. The molecule has 0 aliphatic heterocycles. The van der Waals surface area contributed by atoms with Crippen molar-refractivity contribution in [3.63, 3.8) is 0 Å². The van der Waals surface area contributed by atoms with Gasteiger partial charge in [-0.3, -0.25) is 4.79 Å². The minimum atomic E-state index is -0.376. The fraction of sp³-hybridized carbons (Fsp3) is 0.0714. The van der Waals surface area contributed by atoms with E-state index in [4.69, 9.17) is 16.3 Å². The molecule has 0 saturated heterocycles. The van der Waals surface area contributed by atoms with E-state index >= 15 is 0 Å². The van der Waals surface area contributed by atoms with E-state index in [0.717, 1.165) is 0 Å². The van der Waals surface area contributed by atoms with Crippen LogP contribution < -0.4 is 10.1 Å². The number of hydrogen-bond donors (Lipinski definition) is 1. The second-order valence-corrected chi connectivity index (χ2v) is 5.50. The number of carbonyl (C=O) groups excluding carboxylic acids is 1. The van der Waals surface area contributed by atoms with E-state index < -0.39 is 0 Å². The molecule has 0 bridgehead atoms. The number of benzene rings is 2. The maximum absolute atomic E-state index is 13.0. The SMILES string of the molecule is COc1ccc(NC(=O)c2ccc(F)cc2I)cc1Cl. The molecule has 2 rings (SSSR count). The highest BCUT2D eigenvalue weighted by Gasteiger charge is 2.12. The van der Waals surface area contributed by atoms with E-state index in [1.54, 1.807) is 18.2 Å². The Morgan fingerprint density at radius 3 is 2.65 bits per heavy atom. The molecule has 0 aliphatic rings. The van der Waals surface area contributed by atoms with Gasteiger partial charge in [-0.25, -0.2) is 4.39 Å². The summed E-state index contributed by atoms with van der Waals surface area (Å²) in [5.74, 6) is -0.171. The summed E-state index contributed by atoms with van der Waals surface area (Å²) in [6.07, 6.45) is 0. The number of amides is 1. The van der Waals surface area contributed by atoms with Crippen LogP contribution in [-0.2, 0) is 0 Å². The molecule has 0 fully saturated rings. The van der Waals surface area contributed by atoms with Crippen molar-refractivity contribution in [3.05, 3.63) is 56.4 Å². The molecule has 1 N–H and O–H groups in total. The summed E-state index contributed by atoms with van der Waals surface area (Å²) in [5.41, 5.74) is 0.944. The van der Waals surface area contributed by atoms with Crippen LogP contribution in [0.5, 0.6) is 5.75 Å². The number of nitrogens with one attached hydrogen (secondary N) is 1. The molecular weight excluding hydrogens is 396 g/mol. The van der Waals surface area contributed by atoms with Gasteiger partial charge in [0.1, 0.15) is 11.6 Å². The van der Waals surface area contributed by atoms with E-state index in [1.165, 1.54) is 25.3 Å². The van der Waals surface area contributed by atoms with Crippen molar-refractivity contribution in [3.8, 4) is 5.75 Å². The molecule has 0 aromatic heterocycles. The van der Waals surface area contributed by atoms with Gasteiger partial charge in [0.15, 0.2) is 0 Å². The van der Waals surface area contributed by atoms with Crippen LogP contribution in [0.4, 0.5) is 10.1 Å². The highest BCUT2D eigenvalue weighted by molar-refractivity contribution is 14.1. The Kier molecular flexibility index (Phi) is 4.82. The summed E-state index contributed by atoms with van der Waals surface area (Å²) in [7, 11) is 1.51. The maximum Gasteiger partial charge on any atom is 0.256 e. The zero-order valence-corrected chi connectivity index (χ0v) is 13.3. The lowest BCUT2D eigenvalue weighted by Crippen LogP contribution is -2.13. The topological polar surface area (TPSA) is 38.3 Å². The zero-order valence-electron chi connectivity index (χ0n) is 10.4. The normalized spacial score (nSPS) is 10.2. The van der Waals surface area contributed by atoms with Crippen LogP contribution in [0, 0.1) is 9.39 Å². The van der Waals surface area contributed by atoms with Crippen molar-refractivity contribution in [1.29, 1.82) is 0 Å². The summed E-state index contributed by atoms with van der Waals surface area (Å²) in [6, 6.07) is 8.92. The Morgan fingerprint density at radius 1 is 1.30 bits per heavy atom. The fourth-order valence-electron chi connectivity index (χ4n) is 1.62. The fourth-order valence-corrected chi connectivity index (χ4v) is 2.60. The van der Waals surface area contributed by atoms with E-state index in [1.807, 2.05) is 22.6 Å². The first kappa shape index (κ1) is 15.1. The molecule has 20 heavy (non-hydrogen) atoms. The summed E-state index contributed by atoms with van der Waals surface area (Å²) in [5, 5.41) is 3.11. The molecule has 0 heterocycles. The number of carbonyl (C=O) groups is 1. The van der Waals surface area contributed by atoms with Crippen molar-refractivity contribution in [2.75, 3.05) is 12.4 Å². The van der Waals surface area contributed by atoms with Gasteiger partial charge in [-0.1, -0.05) is 11.6 Å². The third kappa shape index (κ3) is 3.40. The third-order valence-electron chi connectivity index (χ3n) is 2.59. The lowest BCUT2D eigenvalue weighted by atomic mass is 10.2. The smallest absolute Gasteiger partial charge is 0.256 e. The molecule has 0 spiro atoms. The Labute approximate surface area is 134 Å². The van der Waals surface area contributed by atoms with Crippen molar-refractivity contribution >= 4 is 45.8 Å². The lowest BCUT2D eigenvalue weighted by Gasteiger charge is -2.09. The number of ether oxygens (including phenoxy) is 1. The average molecular weight is 406 g/mol. The molecule has 3 nitrogen and oxygen atoms in total. The van der Waals surface area contributed by atoms with Gasteiger partial charge >= 0.3 is 0 Å². The minimum Gasteiger partial charge on any atom is -0.495 e. The van der Waals surface area contributed by atoms with Crippen molar-refractivity contribution < 1.29 is 13.9 Å². The summed E-state index contributed by atoms with van der Waals surface area (Å²) in [4.78, 5) is 12.1. The van der Waals surface area contributed by atoms with Gasteiger partial charge in [0.2, 0.25) is 0 Å². The van der Waals surface area contributed by atoms with Crippen molar-refractivity contribution in [2.24, 2.45) is 0 Å². The molecule has 6 heteroatoms. The summed E-state index contributed by atoms with van der Waals surface area (Å²) < 4.78 is 18.6. The number of anilines is 1. The van der Waals surface area contributed by atoms with E-state index in [0.29, 0.717) is 25.6 Å². The standard InChI is InChI=1S/C14H10ClFINO2/c1-20-13-5-3-9(7-11(13)15)18-14(19)10-4-2-8(16)6-12(10)17/h2-7H,1H3,(H,18,19). The number of halogens is 3. The van der Waals surface area contributed by atoms with Crippen molar-refractivity contribution in [2.45, 2.75) is 0 Å². The largest absolute Gasteiger partial charge is 0.495 e. The van der Waals surface area contributed by atoms with Crippen LogP contribution >= 0.6 is 34.2 Å². The maximum atomic E-state index is 13.0. The van der Waals surface area contributed by atoms with Crippen LogP contribution in [0.1, 0.15) is 10.4 Å². The van der Waals surface area contributed by atoms with Crippen molar-refractivity contribution in [1.82, 2.24) is 0 Å².